The average molecular weight is 652 g/mol. The van der Waals surface area contributed by atoms with Gasteiger partial charge in [0.25, 0.3) is 0 Å². The van der Waals surface area contributed by atoms with Gasteiger partial charge >= 0.3 is 28.4 Å². The van der Waals surface area contributed by atoms with Crippen LogP contribution in [-0.2, 0) is 41.5 Å². The molecule has 0 spiro atoms. The van der Waals surface area contributed by atoms with Crippen LogP contribution >= 0.6 is 0 Å². The third-order valence-corrected chi connectivity index (χ3v) is 7.73. The minimum Gasteiger partial charge on any atom is -0.358 e. The van der Waals surface area contributed by atoms with Gasteiger partial charge in [-0.25, -0.2) is 5.57 Å². The summed E-state index contributed by atoms with van der Waals surface area (Å²) in [6, 6.07) is 27.7. The second-order valence-electron chi connectivity index (χ2n) is 14.2. The summed E-state index contributed by atoms with van der Waals surface area (Å²) in [6.45, 7) is 24.9. The van der Waals surface area contributed by atoms with Crippen molar-refractivity contribution in [3.8, 4) is 11.1 Å². The van der Waals surface area contributed by atoms with E-state index < -0.39 is 0 Å². The summed E-state index contributed by atoms with van der Waals surface area (Å²) in [5, 5.41) is 0. The molecule has 0 nitrogen and oxygen atoms in total. The Hall–Kier alpha value is -2.11. The summed E-state index contributed by atoms with van der Waals surface area (Å²) in [5.41, 5.74) is 12.0. The quantitative estimate of drug-likeness (QED) is 0.189. The van der Waals surface area contributed by atoms with Crippen LogP contribution < -0.4 is 0 Å². The molecule has 3 aromatic carbocycles. The van der Waals surface area contributed by atoms with Gasteiger partial charge in [0, 0.05) is 0 Å². The van der Waals surface area contributed by atoms with Crippen LogP contribution in [-0.4, -0.2) is 4.21 Å². The third kappa shape index (κ3) is 11.1. The third-order valence-electron chi connectivity index (χ3n) is 7.73. The first-order chi connectivity index (χ1) is 19.6. The van der Waals surface area contributed by atoms with E-state index in [1.54, 1.807) is 0 Å². The van der Waals surface area contributed by atoms with Gasteiger partial charge in [-0.3, -0.25) is 6.08 Å². The van der Waals surface area contributed by atoms with Gasteiger partial charge in [-0.05, 0) is 28.4 Å². The van der Waals surface area contributed by atoms with Crippen molar-refractivity contribution in [3.05, 3.63) is 126 Å². The number of hydrogen-bond donors (Lipinski definition) is 0. The predicted molar refractivity (Wildman–Crippen MR) is 188 cm³/mol. The maximum atomic E-state index is 3.67. The smallest absolute Gasteiger partial charge is 0.171 e. The minimum absolute atomic E-state index is 0. The van der Waals surface area contributed by atoms with Gasteiger partial charge in [0.2, 0.25) is 0 Å². The molecule has 43 heavy (non-hydrogen) atoms. The second kappa shape index (κ2) is 16.8. The molecule has 5 rings (SSSR count). The van der Waals surface area contributed by atoms with Gasteiger partial charge in [-0.2, -0.15) is 71.8 Å². The Morgan fingerprint density at radius 2 is 1.40 bits per heavy atom. The van der Waals surface area contributed by atoms with Crippen LogP contribution in [0.15, 0.2) is 77.9 Å². The van der Waals surface area contributed by atoms with Gasteiger partial charge in [-0.15, -0.1) is 11.1 Å². The molecule has 0 N–H and O–H groups in total. The first-order valence-corrected chi connectivity index (χ1v) is 17.2. The van der Waals surface area contributed by atoms with E-state index in [2.05, 4.69) is 135 Å². The largest absolute Gasteiger partial charge is 0.358 e. The van der Waals surface area contributed by atoms with E-state index in [1.165, 1.54) is 75.2 Å². The normalized spacial score (nSPS) is 15.0. The Morgan fingerprint density at radius 1 is 0.791 bits per heavy atom. The van der Waals surface area contributed by atoms with Crippen LogP contribution in [0.25, 0.3) is 11.1 Å². The molecule has 0 saturated carbocycles. The molecule has 0 saturated heterocycles. The molecule has 1 heteroatoms. The average Bonchev–Trinajstić information content (AvgIpc) is 3.55. The zero-order valence-electron chi connectivity index (χ0n) is 29.3. The van der Waals surface area contributed by atoms with Crippen molar-refractivity contribution >= 4 is 4.21 Å². The molecule has 232 valence electrons. The summed E-state index contributed by atoms with van der Waals surface area (Å²) in [7, 11) is 0. The number of rotatable bonds is 2. The van der Waals surface area contributed by atoms with Gasteiger partial charge in [0.15, 0.2) is 0 Å². The zero-order valence-corrected chi connectivity index (χ0v) is 31.7. The Balaban J connectivity index is 0.000000358. The number of fused-ring (bicyclic) bond motifs is 3. The van der Waals surface area contributed by atoms with E-state index in [9.17, 15) is 0 Å². The number of benzene rings is 3. The molecule has 1 atom stereocenters. The zero-order chi connectivity index (χ0) is 31.7. The van der Waals surface area contributed by atoms with Crippen LogP contribution in [0.5, 0.6) is 0 Å². The van der Waals surface area contributed by atoms with E-state index in [0.717, 1.165) is 12.8 Å². The molecule has 0 fully saturated rings. The van der Waals surface area contributed by atoms with E-state index in [1.807, 2.05) is 30.3 Å². The summed E-state index contributed by atoms with van der Waals surface area (Å²) in [4.78, 5) is 0. The molecule has 3 aromatic rings. The Morgan fingerprint density at radius 3 is 1.81 bits per heavy atom. The summed E-state index contributed by atoms with van der Waals surface area (Å²) in [6.07, 6.45) is 9.31. The van der Waals surface area contributed by atoms with Crippen molar-refractivity contribution in [2.75, 3.05) is 0 Å². The molecule has 2 aliphatic rings. The molecule has 0 radical (unpaired) electrons. The number of allylic oxidation sites excluding steroid dienone is 4. The molecule has 0 aliphatic heterocycles. The maximum Gasteiger partial charge on any atom is -0.171 e. The fourth-order valence-electron chi connectivity index (χ4n) is 5.23. The van der Waals surface area contributed by atoms with Crippen molar-refractivity contribution in [2.24, 2.45) is 11.3 Å². The van der Waals surface area contributed by atoms with Crippen LogP contribution in [0.3, 0.4) is 0 Å². The summed E-state index contributed by atoms with van der Waals surface area (Å²) in [5.74, 6) is 0.573. The van der Waals surface area contributed by atoms with E-state index >= 15 is 0 Å². The Labute approximate surface area is 281 Å². The molecule has 2 aliphatic carbocycles. The monoisotopic (exact) mass is 650 g/mol. The second-order valence-corrected chi connectivity index (χ2v) is 14.2. The van der Waals surface area contributed by atoms with Gasteiger partial charge in [0.05, 0.1) is 0 Å². The predicted octanol–water partition coefficient (Wildman–Crippen LogP) is 11.7. The van der Waals surface area contributed by atoms with Gasteiger partial charge < -0.3 is 7.43 Å². The molecule has 0 bridgehead atoms. The molecule has 0 amide bonds. The van der Waals surface area contributed by atoms with Crippen molar-refractivity contribution in [3.63, 3.8) is 0 Å². The van der Waals surface area contributed by atoms with Crippen molar-refractivity contribution in [1.82, 2.24) is 0 Å². The summed E-state index contributed by atoms with van der Waals surface area (Å²) >= 11 is 1.30. The SMILES string of the molecule is CC(C)(C)c1[c-]c2c(cc1)-c1ccc(C(C)(C)C)cc1C2.CCC1=[C-]C(CC)C=C1C(C)(C)C.[CH2]=[Zr].[CH3-].[c-]1ccccc1. The molecular formula is C42H56Zr-4. The molecular weight excluding hydrogens is 596 g/mol. The maximum absolute atomic E-state index is 3.67. The van der Waals surface area contributed by atoms with Crippen LogP contribution in [0.1, 0.15) is 111 Å². The standard InChI is InChI=1S/C21H25.C13H21.C6H5.CH3.CH2.Zr/c1-20(2,3)16-7-9-18-14(12-16)11-15-13-17(21(4,5)6)8-10-19(15)18;1-6-10-8-11(7-2)12(9-10)13(3,4)5;1-2-4-6-5-3-1;;;/h7-10,12H,11H2,1-6H3;9-10H,6-7H2,1-5H3;1-5H;1H3;1H2;/q4*-1;;. The first kappa shape index (κ1) is 38.9. The molecule has 0 aromatic heterocycles. The Bertz CT molecular complexity index is 1250. The Kier molecular flexibility index (Phi) is 15.2. The van der Waals surface area contributed by atoms with Crippen LogP contribution in [0.2, 0.25) is 0 Å². The van der Waals surface area contributed by atoms with Crippen LogP contribution in [0.4, 0.5) is 0 Å². The number of hydrogen-bond acceptors (Lipinski definition) is 0. The fraction of sp³-hybridized carbons (Fsp3) is 0.429. The van der Waals surface area contributed by atoms with Crippen molar-refractivity contribution in [2.45, 2.75) is 106 Å². The van der Waals surface area contributed by atoms with E-state index in [-0.39, 0.29) is 18.3 Å². The van der Waals surface area contributed by atoms with Crippen molar-refractivity contribution < 1.29 is 24.2 Å². The van der Waals surface area contributed by atoms with Crippen molar-refractivity contribution in [1.29, 1.82) is 0 Å². The molecule has 0 heterocycles. The van der Waals surface area contributed by atoms with E-state index in [0.29, 0.717) is 11.3 Å². The summed E-state index contributed by atoms with van der Waals surface area (Å²) < 4.78 is 3.34. The molecule has 1 unspecified atom stereocenters. The van der Waals surface area contributed by atoms with E-state index in [4.69, 9.17) is 0 Å². The first-order valence-electron chi connectivity index (χ1n) is 15.5. The van der Waals surface area contributed by atoms with Gasteiger partial charge in [-0.1, -0.05) is 124 Å². The minimum atomic E-state index is 0. The fourth-order valence-corrected chi connectivity index (χ4v) is 5.23. The van der Waals surface area contributed by atoms with Gasteiger partial charge in [0.1, 0.15) is 0 Å². The van der Waals surface area contributed by atoms with Crippen LogP contribution in [0, 0.1) is 37.0 Å². The topological polar surface area (TPSA) is 0 Å².